The minimum absolute atomic E-state index is 0.127. The first-order chi connectivity index (χ1) is 10.0. The second kappa shape index (κ2) is 6.76. The molecule has 0 aliphatic heterocycles. The summed E-state index contributed by atoms with van der Waals surface area (Å²) in [6.07, 6.45) is 0.713. The molecule has 1 N–H and O–H groups in total. The number of benzene rings is 2. The summed E-state index contributed by atoms with van der Waals surface area (Å²) in [6, 6.07) is 9.18. The molecule has 0 aliphatic rings. The first-order valence-corrected chi connectivity index (χ1v) is 6.97. The minimum atomic E-state index is -0.473. The lowest BCUT2D eigenvalue weighted by molar-refractivity contribution is 0.438. The van der Waals surface area contributed by atoms with Gasteiger partial charge in [-0.2, -0.15) is 0 Å². The molecule has 1 nitrogen and oxygen atoms in total. The third-order valence-corrected chi connectivity index (χ3v) is 3.54. The Bertz CT molecular complexity index is 613. The smallest absolute Gasteiger partial charge is 0.128 e. The van der Waals surface area contributed by atoms with Crippen molar-refractivity contribution < 1.29 is 13.2 Å². The number of hydrogen-bond acceptors (Lipinski definition) is 1. The van der Waals surface area contributed by atoms with Crippen molar-refractivity contribution >= 4 is 0 Å². The average Bonchev–Trinajstić information content (AvgIpc) is 2.47. The molecule has 0 heterocycles. The maximum Gasteiger partial charge on any atom is 0.128 e. The Balaban J connectivity index is 2.20. The van der Waals surface area contributed by atoms with Crippen LogP contribution in [0, 0.1) is 17.5 Å². The third kappa shape index (κ3) is 3.85. The normalized spacial score (nSPS) is 14.0. The molecule has 2 rings (SSSR count). The largest absolute Gasteiger partial charge is 0.303 e. The van der Waals surface area contributed by atoms with Gasteiger partial charge < -0.3 is 5.32 Å². The second-order valence-electron chi connectivity index (χ2n) is 5.07. The van der Waals surface area contributed by atoms with Crippen molar-refractivity contribution in [3.8, 4) is 0 Å². The highest BCUT2D eigenvalue weighted by atomic mass is 19.1. The van der Waals surface area contributed by atoms with Crippen molar-refractivity contribution in [2.75, 3.05) is 0 Å². The van der Waals surface area contributed by atoms with Gasteiger partial charge in [0.15, 0.2) is 0 Å². The van der Waals surface area contributed by atoms with Crippen molar-refractivity contribution in [3.63, 3.8) is 0 Å². The summed E-state index contributed by atoms with van der Waals surface area (Å²) in [5, 5.41) is 3.22. The van der Waals surface area contributed by atoms with E-state index in [1.807, 2.05) is 13.0 Å². The van der Waals surface area contributed by atoms with Gasteiger partial charge in [0, 0.05) is 17.6 Å². The molecule has 0 saturated heterocycles. The molecule has 0 spiro atoms. The van der Waals surface area contributed by atoms with Crippen LogP contribution in [0.25, 0.3) is 0 Å². The van der Waals surface area contributed by atoms with Gasteiger partial charge in [-0.15, -0.1) is 0 Å². The fraction of sp³-hybridized carbons (Fsp3) is 0.294. The van der Waals surface area contributed by atoms with Crippen molar-refractivity contribution in [3.05, 3.63) is 71.0 Å². The van der Waals surface area contributed by atoms with E-state index < -0.39 is 11.6 Å². The zero-order valence-electron chi connectivity index (χ0n) is 12.0. The van der Waals surface area contributed by atoms with Gasteiger partial charge >= 0.3 is 0 Å². The Morgan fingerprint density at radius 2 is 1.71 bits per heavy atom. The standard InChI is InChI=1S/C17H18F3N/c1-3-17(12-5-4-6-13(18)9-12)21-11(2)15-10-14(19)7-8-16(15)20/h4-11,17,21H,3H2,1-2H3. The van der Waals surface area contributed by atoms with Gasteiger partial charge in [-0.3, -0.25) is 0 Å². The minimum Gasteiger partial charge on any atom is -0.303 e. The van der Waals surface area contributed by atoms with Crippen LogP contribution < -0.4 is 5.32 Å². The lowest BCUT2D eigenvalue weighted by Gasteiger charge is -2.23. The zero-order valence-corrected chi connectivity index (χ0v) is 12.0. The van der Waals surface area contributed by atoms with E-state index in [2.05, 4.69) is 5.32 Å². The van der Waals surface area contributed by atoms with Gasteiger partial charge in [0.05, 0.1) is 0 Å². The summed E-state index contributed by atoms with van der Waals surface area (Å²) >= 11 is 0. The Morgan fingerprint density at radius 1 is 1.00 bits per heavy atom. The highest BCUT2D eigenvalue weighted by Gasteiger charge is 2.17. The van der Waals surface area contributed by atoms with E-state index >= 15 is 0 Å². The maximum atomic E-state index is 13.8. The lowest BCUT2D eigenvalue weighted by Crippen LogP contribution is -2.25. The Kier molecular flexibility index (Phi) is 5.02. The molecule has 2 unspecified atom stereocenters. The fourth-order valence-corrected chi connectivity index (χ4v) is 2.41. The van der Waals surface area contributed by atoms with Gasteiger partial charge in [0.1, 0.15) is 17.5 Å². The SMILES string of the molecule is CCC(NC(C)c1cc(F)ccc1F)c1cccc(F)c1. The fourth-order valence-electron chi connectivity index (χ4n) is 2.41. The van der Waals surface area contributed by atoms with Crippen LogP contribution >= 0.6 is 0 Å². The molecule has 0 amide bonds. The third-order valence-electron chi connectivity index (χ3n) is 3.54. The highest BCUT2D eigenvalue weighted by Crippen LogP contribution is 2.24. The molecule has 0 aliphatic carbocycles. The van der Waals surface area contributed by atoms with Crippen LogP contribution in [0.4, 0.5) is 13.2 Å². The van der Waals surface area contributed by atoms with Gasteiger partial charge in [-0.1, -0.05) is 19.1 Å². The van der Waals surface area contributed by atoms with Crippen molar-refractivity contribution in [2.24, 2.45) is 0 Å². The van der Waals surface area contributed by atoms with E-state index in [1.54, 1.807) is 13.0 Å². The van der Waals surface area contributed by atoms with Gasteiger partial charge in [-0.25, -0.2) is 13.2 Å². The number of halogens is 3. The van der Waals surface area contributed by atoms with Crippen molar-refractivity contribution in [1.82, 2.24) is 5.32 Å². The van der Waals surface area contributed by atoms with Crippen molar-refractivity contribution in [2.45, 2.75) is 32.4 Å². The highest BCUT2D eigenvalue weighted by molar-refractivity contribution is 5.24. The molecule has 0 saturated carbocycles. The molecule has 2 aromatic carbocycles. The Morgan fingerprint density at radius 3 is 2.38 bits per heavy atom. The van der Waals surface area contributed by atoms with Crippen LogP contribution in [0.2, 0.25) is 0 Å². The van der Waals surface area contributed by atoms with E-state index in [9.17, 15) is 13.2 Å². The molecule has 2 aromatic rings. The van der Waals surface area contributed by atoms with E-state index in [4.69, 9.17) is 0 Å². The molecule has 21 heavy (non-hydrogen) atoms. The summed E-state index contributed by atoms with van der Waals surface area (Å²) < 4.78 is 40.3. The predicted molar refractivity (Wildman–Crippen MR) is 77.3 cm³/mol. The summed E-state index contributed by atoms with van der Waals surface area (Å²) in [5.74, 6) is -1.23. The first kappa shape index (κ1) is 15.6. The van der Waals surface area contributed by atoms with E-state index in [0.717, 1.165) is 17.7 Å². The average molecular weight is 293 g/mol. The van der Waals surface area contributed by atoms with E-state index in [-0.39, 0.29) is 23.5 Å². The molecule has 0 bridgehead atoms. The molecule has 0 aromatic heterocycles. The molecule has 0 radical (unpaired) electrons. The summed E-state index contributed by atoms with van der Waals surface area (Å²) in [7, 11) is 0. The topological polar surface area (TPSA) is 12.0 Å². The lowest BCUT2D eigenvalue weighted by atomic mass is 10.0. The van der Waals surface area contributed by atoms with Crippen LogP contribution in [-0.2, 0) is 0 Å². The Hall–Kier alpha value is -1.81. The van der Waals surface area contributed by atoms with E-state index in [1.165, 1.54) is 18.2 Å². The molecule has 4 heteroatoms. The number of hydrogen-bond donors (Lipinski definition) is 1. The first-order valence-electron chi connectivity index (χ1n) is 6.97. The van der Waals surface area contributed by atoms with Crippen molar-refractivity contribution in [1.29, 1.82) is 0 Å². The van der Waals surface area contributed by atoms with Crippen LogP contribution in [0.15, 0.2) is 42.5 Å². The molecular formula is C17H18F3N. The summed E-state index contributed by atoms with van der Waals surface area (Å²) in [4.78, 5) is 0. The van der Waals surface area contributed by atoms with E-state index in [0.29, 0.717) is 6.42 Å². The van der Waals surface area contributed by atoms with Crippen LogP contribution in [0.1, 0.15) is 43.5 Å². The quantitative estimate of drug-likeness (QED) is 0.826. The summed E-state index contributed by atoms with van der Waals surface area (Å²) in [6.45, 7) is 3.72. The monoisotopic (exact) mass is 293 g/mol. The number of rotatable bonds is 5. The van der Waals surface area contributed by atoms with Crippen LogP contribution in [0.3, 0.4) is 0 Å². The molecule has 2 atom stereocenters. The van der Waals surface area contributed by atoms with Gasteiger partial charge in [0.25, 0.3) is 0 Å². The van der Waals surface area contributed by atoms with Crippen LogP contribution in [-0.4, -0.2) is 0 Å². The van der Waals surface area contributed by atoms with Gasteiger partial charge in [-0.05, 0) is 49.2 Å². The second-order valence-corrected chi connectivity index (χ2v) is 5.07. The summed E-state index contributed by atoms with van der Waals surface area (Å²) in [5.41, 5.74) is 1.06. The molecule has 0 fully saturated rings. The number of nitrogens with one attached hydrogen (secondary N) is 1. The zero-order chi connectivity index (χ0) is 15.4. The van der Waals surface area contributed by atoms with Gasteiger partial charge in [0.2, 0.25) is 0 Å². The maximum absolute atomic E-state index is 13.8. The molecular weight excluding hydrogens is 275 g/mol. The Labute approximate surface area is 122 Å². The van der Waals surface area contributed by atoms with Crippen LogP contribution in [0.5, 0.6) is 0 Å². The molecule has 112 valence electrons. The predicted octanol–water partition coefficient (Wildman–Crippen LogP) is 4.91.